The molecule has 0 saturated heterocycles. The van der Waals surface area contributed by atoms with Crippen LogP contribution in [0.5, 0.6) is 0 Å². The Labute approximate surface area is 141 Å². The Morgan fingerprint density at radius 2 is 0.895 bits per heavy atom. The fraction of sp³-hybridized carbons (Fsp3) is 0.375. The molecule has 0 N–H and O–H groups in total. The van der Waals surface area contributed by atoms with Gasteiger partial charge in [0.25, 0.3) is 0 Å². The molecule has 0 radical (unpaired) electrons. The predicted octanol–water partition coefficient (Wildman–Crippen LogP) is -1.28. The summed E-state index contributed by atoms with van der Waals surface area (Å²) in [4.78, 5) is 0. The molecule has 0 aliphatic heterocycles. The van der Waals surface area contributed by atoms with Crippen molar-refractivity contribution < 1.29 is 42.2 Å². The number of rotatable bonds is 4. The SMILES string of the molecule is CCC[c-]1cccc1.CCC[c-]1cccc1.[Cl-].[Cl-].[Cr+4]. The molecule has 0 fully saturated rings. The van der Waals surface area contributed by atoms with Gasteiger partial charge in [0.15, 0.2) is 0 Å². The number of hydrogen-bond acceptors (Lipinski definition) is 0. The molecule has 0 spiro atoms. The third-order valence-electron chi connectivity index (χ3n) is 2.54. The van der Waals surface area contributed by atoms with Gasteiger partial charge in [-0.1, -0.05) is 39.5 Å². The van der Waals surface area contributed by atoms with Crippen LogP contribution in [0.1, 0.15) is 37.8 Å². The first-order valence-electron chi connectivity index (χ1n) is 6.28. The minimum absolute atomic E-state index is 0. The standard InChI is InChI=1S/2C8H11.2ClH.Cr/c2*1-2-5-8-6-3-4-7-8;;;/h2*3-4,6-7H,2,5H2,1H3;2*1H;/q2*-1;;;+4/p-2. The van der Waals surface area contributed by atoms with E-state index in [0.717, 1.165) is 0 Å². The Kier molecular flexibility index (Phi) is 19.9. The van der Waals surface area contributed by atoms with E-state index < -0.39 is 0 Å². The number of aryl methyl sites for hydroxylation is 2. The van der Waals surface area contributed by atoms with Crippen LogP contribution < -0.4 is 24.8 Å². The van der Waals surface area contributed by atoms with E-state index in [4.69, 9.17) is 0 Å². The molecule has 3 heteroatoms. The molecule has 19 heavy (non-hydrogen) atoms. The summed E-state index contributed by atoms with van der Waals surface area (Å²) >= 11 is 0. The van der Waals surface area contributed by atoms with E-state index in [0.29, 0.717) is 0 Å². The van der Waals surface area contributed by atoms with Crippen LogP contribution in [0.2, 0.25) is 0 Å². The maximum Gasteiger partial charge on any atom is 4.00 e. The van der Waals surface area contributed by atoms with Crippen molar-refractivity contribution in [3.8, 4) is 0 Å². The number of halogens is 2. The van der Waals surface area contributed by atoms with E-state index in [2.05, 4.69) is 62.4 Å². The minimum atomic E-state index is 0. The van der Waals surface area contributed by atoms with Crippen LogP contribution in [-0.4, -0.2) is 0 Å². The maximum absolute atomic E-state index is 2.20. The van der Waals surface area contributed by atoms with Crippen LogP contribution in [0.4, 0.5) is 0 Å². The van der Waals surface area contributed by atoms with E-state index in [1.54, 1.807) is 0 Å². The van der Waals surface area contributed by atoms with Gasteiger partial charge in [-0.25, -0.2) is 24.3 Å². The van der Waals surface area contributed by atoms with Gasteiger partial charge in [-0.05, 0) is 0 Å². The summed E-state index contributed by atoms with van der Waals surface area (Å²) in [6.07, 6.45) is 4.97. The largest absolute Gasteiger partial charge is 4.00 e. The average Bonchev–Trinajstić information content (AvgIpc) is 2.92. The van der Waals surface area contributed by atoms with Crippen LogP contribution >= 0.6 is 0 Å². The first-order chi connectivity index (χ1) is 7.86. The monoisotopic (exact) mass is 336 g/mol. The molecule has 0 bridgehead atoms. The molecule has 0 aliphatic rings. The third-order valence-corrected chi connectivity index (χ3v) is 2.54. The van der Waals surface area contributed by atoms with E-state index in [-0.39, 0.29) is 42.2 Å². The molecule has 0 nitrogen and oxygen atoms in total. The summed E-state index contributed by atoms with van der Waals surface area (Å²) in [5, 5.41) is 0. The molecule has 0 aromatic heterocycles. The van der Waals surface area contributed by atoms with Gasteiger partial charge in [0.1, 0.15) is 0 Å². The van der Waals surface area contributed by atoms with Crippen LogP contribution in [0, 0.1) is 0 Å². The summed E-state index contributed by atoms with van der Waals surface area (Å²) in [6, 6.07) is 17.0. The molecule has 0 aliphatic carbocycles. The van der Waals surface area contributed by atoms with Crippen molar-refractivity contribution >= 4 is 0 Å². The molecular formula is C16H22Cl2Cr. The molecule has 0 amide bonds. The van der Waals surface area contributed by atoms with E-state index in [9.17, 15) is 0 Å². The van der Waals surface area contributed by atoms with Crippen molar-refractivity contribution in [3.63, 3.8) is 0 Å². The van der Waals surface area contributed by atoms with Gasteiger partial charge in [0, 0.05) is 0 Å². The fourth-order valence-corrected chi connectivity index (χ4v) is 1.74. The fourth-order valence-electron chi connectivity index (χ4n) is 1.74. The van der Waals surface area contributed by atoms with Crippen LogP contribution in [0.15, 0.2) is 48.5 Å². The first-order valence-corrected chi connectivity index (χ1v) is 6.28. The molecule has 0 saturated carbocycles. The second-order valence-electron chi connectivity index (χ2n) is 4.09. The molecule has 0 unspecified atom stereocenters. The Balaban J connectivity index is -0.000000233. The predicted molar refractivity (Wildman–Crippen MR) is 72.1 cm³/mol. The molecule has 2 aromatic rings. The van der Waals surface area contributed by atoms with Gasteiger partial charge in [0.2, 0.25) is 0 Å². The van der Waals surface area contributed by atoms with Crippen molar-refractivity contribution in [3.05, 3.63) is 59.7 Å². The molecule has 0 heterocycles. The number of hydrogen-bond donors (Lipinski definition) is 0. The van der Waals surface area contributed by atoms with Crippen molar-refractivity contribution in [1.29, 1.82) is 0 Å². The Hall–Kier alpha value is -0.188. The minimum Gasteiger partial charge on any atom is -1.00 e. The smallest absolute Gasteiger partial charge is 1.00 e. The van der Waals surface area contributed by atoms with Gasteiger partial charge >= 0.3 is 17.4 Å². The first kappa shape index (κ1) is 23.9. The molecule has 0 atom stereocenters. The Morgan fingerprint density at radius 1 is 0.632 bits per heavy atom. The van der Waals surface area contributed by atoms with Gasteiger partial charge in [-0.15, -0.1) is 0 Å². The third kappa shape index (κ3) is 11.3. The topological polar surface area (TPSA) is 0 Å². The van der Waals surface area contributed by atoms with Crippen LogP contribution in [0.25, 0.3) is 0 Å². The Morgan fingerprint density at radius 3 is 1.11 bits per heavy atom. The summed E-state index contributed by atoms with van der Waals surface area (Å²) in [5.74, 6) is 0. The molecule has 2 aromatic carbocycles. The Bertz CT molecular complexity index is 302. The average molecular weight is 337 g/mol. The zero-order chi connectivity index (χ0) is 11.6. The van der Waals surface area contributed by atoms with Crippen molar-refractivity contribution in [2.24, 2.45) is 0 Å². The second kappa shape index (κ2) is 15.9. The van der Waals surface area contributed by atoms with E-state index in [1.807, 2.05) is 0 Å². The van der Waals surface area contributed by atoms with Gasteiger partial charge in [-0.2, -0.15) is 35.4 Å². The van der Waals surface area contributed by atoms with Gasteiger partial charge < -0.3 is 24.8 Å². The van der Waals surface area contributed by atoms with Crippen molar-refractivity contribution in [2.45, 2.75) is 39.5 Å². The van der Waals surface area contributed by atoms with Gasteiger partial charge in [-0.3, -0.25) is 0 Å². The second-order valence-corrected chi connectivity index (χ2v) is 4.09. The summed E-state index contributed by atoms with van der Waals surface area (Å²) < 4.78 is 0. The van der Waals surface area contributed by atoms with E-state index >= 15 is 0 Å². The normalized spacial score (nSPS) is 8.11. The molecular weight excluding hydrogens is 315 g/mol. The summed E-state index contributed by atoms with van der Waals surface area (Å²) in [7, 11) is 0. The van der Waals surface area contributed by atoms with Crippen LogP contribution in [0.3, 0.4) is 0 Å². The summed E-state index contributed by atoms with van der Waals surface area (Å²) in [6.45, 7) is 4.40. The zero-order valence-electron chi connectivity index (χ0n) is 11.6. The van der Waals surface area contributed by atoms with Gasteiger partial charge in [0.05, 0.1) is 0 Å². The van der Waals surface area contributed by atoms with Crippen LogP contribution in [-0.2, 0) is 30.2 Å². The molecule has 2 rings (SSSR count). The maximum atomic E-state index is 2.20. The van der Waals surface area contributed by atoms with Crippen molar-refractivity contribution in [2.75, 3.05) is 0 Å². The quantitative estimate of drug-likeness (QED) is 0.610. The van der Waals surface area contributed by atoms with Crippen molar-refractivity contribution in [1.82, 2.24) is 0 Å². The molecule has 106 valence electrons. The zero-order valence-corrected chi connectivity index (χ0v) is 14.4. The van der Waals surface area contributed by atoms with E-state index in [1.165, 1.54) is 36.8 Å². The summed E-state index contributed by atoms with van der Waals surface area (Å²) in [5.41, 5.74) is 2.93.